The second-order valence-electron chi connectivity index (χ2n) is 6.57. The number of nitrogen functional groups attached to an aromatic ring is 1. The maximum absolute atomic E-state index is 7.36. The molecule has 0 amide bonds. The molecule has 1 rings (SSSR count). The van der Waals surface area contributed by atoms with E-state index in [1.165, 1.54) is 32.1 Å². The lowest BCUT2D eigenvalue weighted by atomic mass is 10.1. The fraction of sp³-hybridized carbons (Fsp3) is 0.524. The second kappa shape index (κ2) is 14.6. The van der Waals surface area contributed by atoms with Crippen LogP contribution in [0.5, 0.6) is 0 Å². The van der Waals surface area contributed by atoms with Crippen molar-refractivity contribution in [3.63, 3.8) is 0 Å². The average molecular weight is 371 g/mol. The van der Waals surface area contributed by atoms with Gasteiger partial charge in [-0.2, -0.15) is 0 Å². The van der Waals surface area contributed by atoms with Crippen molar-refractivity contribution in [1.29, 1.82) is 5.41 Å². The molecule has 27 heavy (non-hydrogen) atoms. The molecule has 0 aromatic heterocycles. The number of nitrogens with two attached hydrogens (primary N) is 3. The van der Waals surface area contributed by atoms with Gasteiger partial charge < -0.3 is 22.5 Å². The number of amidine groups is 1. The zero-order chi connectivity index (χ0) is 19.7. The molecule has 0 heterocycles. The first kappa shape index (κ1) is 22.5. The number of benzene rings is 1. The van der Waals surface area contributed by atoms with Gasteiger partial charge in [0.2, 0.25) is 0 Å². The molecule has 0 radical (unpaired) electrons. The molecule has 0 saturated heterocycles. The normalized spacial score (nSPS) is 10.1. The number of unbranched alkanes of at least 4 members (excludes halogenated alkanes) is 6. The Kier molecular flexibility index (Phi) is 12.2. The van der Waals surface area contributed by atoms with Crippen molar-refractivity contribution in [2.75, 3.05) is 19.6 Å². The summed E-state index contributed by atoms with van der Waals surface area (Å²) in [5, 5.41) is 10.8. The summed E-state index contributed by atoms with van der Waals surface area (Å²) < 4.78 is 0. The minimum absolute atomic E-state index is 0.0865. The Balaban J connectivity index is 1.92. The summed E-state index contributed by atoms with van der Waals surface area (Å²) in [6.07, 6.45) is 9.23. The Morgan fingerprint density at radius 3 is 2.19 bits per heavy atom. The number of nitrogens with one attached hydrogen (secondary N) is 2. The van der Waals surface area contributed by atoms with Crippen LogP contribution in [0, 0.1) is 17.3 Å². The number of guanidine groups is 1. The minimum atomic E-state index is 0.0865. The van der Waals surface area contributed by atoms with Gasteiger partial charge in [0.1, 0.15) is 5.84 Å². The van der Waals surface area contributed by atoms with Crippen LogP contribution in [0.15, 0.2) is 29.3 Å². The zero-order valence-corrected chi connectivity index (χ0v) is 16.3. The van der Waals surface area contributed by atoms with Crippen LogP contribution < -0.4 is 22.5 Å². The van der Waals surface area contributed by atoms with E-state index in [9.17, 15) is 0 Å². The molecule has 0 aliphatic heterocycles. The fourth-order valence-corrected chi connectivity index (χ4v) is 2.60. The van der Waals surface area contributed by atoms with E-state index in [0.29, 0.717) is 0 Å². The quantitative estimate of drug-likeness (QED) is 0.158. The summed E-state index contributed by atoms with van der Waals surface area (Å²) in [7, 11) is 0. The van der Waals surface area contributed by atoms with E-state index in [1.807, 2.05) is 24.3 Å². The van der Waals surface area contributed by atoms with Crippen LogP contribution in [0.4, 0.5) is 0 Å². The third-order valence-corrected chi connectivity index (χ3v) is 4.14. The first-order valence-electron chi connectivity index (χ1n) is 9.79. The summed E-state index contributed by atoms with van der Waals surface area (Å²) in [5.41, 5.74) is 17.7. The van der Waals surface area contributed by atoms with E-state index < -0.39 is 0 Å². The van der Waals surface area contributed by atoms with Crippen LogP contribution in [0.1, 0.15) is 62.5 Å². The first-order valence-corrected chi connectivity index (χ1v) is 9.79. The zero-order valence-electron chi connectivity index (χ0n) is 16.3. The van der Waals surface area contributed by atoms with Gasteiger partial charge in [-0.05, 0) is 44.5 Å². The van der Waals surface area contributed by atoms with Gasteiger partial charge in [0, 0.05) is 24.1 Å². The van der Waals surface area contributed by atoms with E-state index in [4.69, 9.17) is 22.6 Å². The highest BCUT2D eigenvalue weighted by molar-refractivity contribution is 5.94. The standard InChI is InChI=1S/C21H34N6/c22-20(23)19-13-11-18(12-14-19)10-6-5-8-16-26-15-7-3-1-2-4-9-17-27-21(24)25/h11-14,26H,1-5,7-9,15-17H2,(H3,22,23)(H4,24,25,27). The van der Waals surface area contributed by atoms with Crippen LogP contribution in [0.3, 0.4) is 0 Å². The van der Waals surface area contributed by atoms with Crippen LogP contribution in [-0.2, 0) is 0 Å². The van der Waals surface area contributed by atoms with Crippen molar-refractivity contribution in [2.45, 2.75) is 51.4 Å². The Hall–Kier alpha value is -2.52. The Morgan fingerprint density at radius 2 is 1.52 bits per heavy atom. The Bertz CT molecular complexity index is 620. The lowest BCUT2D eigenvalue weighted by Gasteiger charge is -2.03. The molecule has 148 valence electrons. The van der Waals surface area contributed by atoms with Gasteiger partial charge in [-0.15, -0.1) is 0 Å². The highest BCUT2D eigenvalue weighted by Gasteiger charge is 1.95. The van der Waals surface area contributed by atoms with Crippen molar-refractivity contribution >= 4 is 11.8 Å². The summed E-state index contributed by atoms with van der Waals surface area (Å²) in [6, 6.07) is 7.47. The molecule has 1 aromatic carbocycles. The third-order valence-electron chi connectivity index (χ3n) is 4.14. The van der Waals surface area contributed by atoms with Gasteiger partial charge in [0.05, 0.1) is 0 Å². The number of nitrogens with zero attached hydrogens (tertiary/aromatic N) is 1. The van der Waals surface area contributed by atoms with Crippen molar-refractivity contribution in [3.05, 3.63) is 35.4 Å². The molecule has 0 saturated carbocycles. The molecular weight excluding hydrogens is 336 g/mol. The maximum Gasteiger partial charge on any atom is 0.185 e. The molecule has 0 aliphatic rings. The van der Waals surface area contributed by atoms with E-state index in [1.54, 1.807) is 0 Å². The monoisotopic (exact) mass is 370 g/mol. The van der Waals surface area contributed by atoms with Crippen LogP contribution in [0.25, 0.3) is 0 Å². The predicted octanol–water partition coefficient (Wildman–Crippen LogP) is 2.31. The van der Waals surface area contributed by atoms with Gasteiger partial charge in [-0.3, -0.25) is 10.4 Å². The SMILES string of the molecule is N=C(N)c1ccc(C#CCCCNCCCCCCCCN=C(N)N)cc1. The molecule has 0 atom stereocenters. The molecular formula is C21H34N6. The first-order chi connectivity index (χ1) is 13.1. The summed E-state index contributed by atoms with van der Waals surface area (Å²) in [5.74, 6) is 6.62. The molecule has 6 heteroatoms. The summed E-state index contributed by atoms with van der Waals surface area (Å²) in [4.78, 5) is 3.98. The second-order valence-corrected chi connectivity index (χ2v) is 6.57. The van der Waals surface area contributed by atoms with Crippen molar-refractivity contribution < 1.29 is 0 Å². The maximum atomic E-state index is 7.36. The van der Waals surface area contributed by atoms with Gasteiger partial charge >= 0.3 is 0 Å². The Labute approximate surface area is 163 Å². The average Bonchev–Trinajstić information content (AvgIpc) is 2.65. The molecule has 0 bridgehead atoms. The van der Waals surface area contributed by atoms with Gasteiger partial charge in [0.25, 0.3) is 0 Å². The van der Waals surface area contributed by atoms with Crippen LogP contribution >= 0.6 is 0 Å². The highest BCUT2D eigenvalue weighted by Crippen LogP contribution is 2.05. The van der Waals surface area contributed by atoms with Crippen molar-refractivity contribution in [1.82, 2.24) is 5.32 Å². The molecule has 0 unspecified atom stereocenters. The lowest BCUT2D eigenvalue weighted by Crippen LogP contribution is -2.22. The number of hydrogen-bond acceptors (Lipinski definition) is 3. The molecule has 1 aromatic rings. The molecule has 8 N–H and O–H groups in total. The molecule has 0 spiro atoms. The molecule has 0 fully saturated rings. The van der Waals surface area contributed by atoms with Crippen molar-refractivity contribution in [2.24, 2.45) is 22.2 Å². The van der Waals surface area contributed by atoms with E-state index in [-0.39, 0.29) is 11.8 Å². The fourth-order valence-electron chi connectivity index (χ4n) is 2.60. The third kappa shape index (κ3) is 12.5. The van der Waals surface area contributed by atoms with E-state index >= 15 is 0 Å². The van der Waals surface area contributed by atoms with Crippen LogP contribution in [-0.4, -0.2) is 31.4 Å². The molecule has 6 nitrogen and oxygen atoms in total. The van der Waals surface area contributed by atoms with Gasteiger partial charge in [-0.1, -0.05) is 49.7 Å². The number of hydrogen-bond donors (Lipinski definition) is 5. The predicted molar refractivity (Wildman–Crippen MR) is 115 cm³/mol. The lowest BCUT2D eigenvalue weighted by molar-refractivity contribution is 0.563. The van der Waals surface area contributed by atoms with Gasteiger partial charge in [-0.25, -0.2) is 0 Å². The van der Waals surface area contributed by atoms with E-state index in [2.05, 4.69) is 22.2 Å². The Morgan fingerprint density at radius 1 is 0.889 bits per heavy atom. The largest absolute Gasteiger partial charge is 0.384 e. The summed E-state index contributed by atoms with van der Waals surface area (Å²) >= 11 is 0. The topological polar surface area (TPSA) is 126 Å². The highest BCUT2D eigenvalue weighted by atomic mass is 15.0. The smallest absolute Gasteiger partial charge is 0.185 e. The number of rotatable bonds is 13. The summed E-state index contributed by atoms with van der Waals surface area (Å²) in [6.45, 7) is 2.83. The van der Waals surface area contributed by atoms with Crippen LogP contribution in [0.2, 0.25) is 0 Å². The van der Waals surface area contributed by atoms with Crippen molar-refractivity contribution in [3.8, 4) is 11.8 Å². The minimum Gasteiger partial charge on any atom is -0.384 e. The number of aliphatic imine (C=N–C) groups is 1. The van der Waals surface area contributed by atoms with E-state index in [0.717, 1.165) is 50.0 Å². The molecule has 0 aliphatic carbocycles. The van der Waals surface area contributed by atoms with Gasteiger partial charge in [0.15, 0.2) is 5.96 Å².